The number of hydrogen-bond acceptors (Lipinski definition) is 6. The van der Waals surface area contributed by atoms with Crippen LogP contribution < -0.4 is 14.8 Å². The number of esters is 1. The molecule has 0 bridgehead atoms. The fourth-order valence-corrected chi connectivity index (χ4v) is 3.51. The second-order valence-electron chi connectivity index (χ2n) is 6.46. The minimum atomic E-state index is -0.811. The molecule has 2 fully saturated rings. The minimum Gasteiger partial charge on any atom is -0.459 e. The standard InChI is InChI=1S/C17H18N2O6/c20-14(23-9-11-3-4-12-13(7-11)25-10-24-12)8-19-15(21)17(18-16(19)22)5-1-2-6-17/h3-4,7H,1-2,5-6,8-10H2,(H,18,22). The van der Waals surface area contributed by atoms with Gasteiger partial charge in [-0.25, -0.2) is 4.79 Å². The molecule has 1 aliphatic carbocycles. The first-order chi connectivity index (χ1) is 12.1. The van der Waals surface area contributed by atoms with E-state index in [4.69, 9.17) is 14.2 Å². The van der Waals surface area contributed by atoms with E-state index in [1.165, 1.54) is 0 Å². The molecule has 3 amide bonds. The number of benzene rings is 1. The summed E-state index contributed by atoms with van der Waals surface area (Å²) in [6.07, 6.45) is 3.05. The van der Waals surface area contributed by atoms with Gasteiger partial charge in [-0.2, -0.15) is 0 Å². The van der Waals surface area contributed by atoms with Gasteiger partial charge in [0.2, 0.25) is 6.79 Å². The maximum absolute atomic E-state index is 12.5. The molecule has 0 aromatic heterocycles. The number of amides is 3. The van der Waals surface area contributed by atoms with E-state index in [1.807, 2.05) is 0 Å². The highest BCUT2D eigenvalue weighted by atomic mass is 16.7. The van der Waals surface area contributed by atoms with E-state index in [1.54, 1.807) is 18.2 Å². The lowest BCUT2D eigenvalue weighted by Gasteiger charge is -2.19. The summed E-state index contributed by atoms with van der Waals surface area (Å²) in [4.78, 5) is 37.5. The largest absolute Gasteiger partial charge is 0.459 e. The Morgan fingerprint density at radius 2 is 1.96 bits per heavy atom. The summed E-state index contributed by atoms with van der Waals surface area (Å²) >= 11 is 0. The molecule has 8 heteroatoms. The first kappa shape index (κ1) is 15.7. The number of fused-ring (bicyclic) bond motifs is 1. The topological polar surface area (TPSA) is 94.2 Å². The molecule has 2 aliphatic heterocycles. The highest BCUT2D eigenvalue weighted by molar-refractivity contribution is 6.08. The predicted octanol–water partition coefficient (Wildman–Crippen LogP) is 1.32. The maximum Gasteiger partial charge on any atom is 0.326 e. The zero-order valence-electron chi connectivity index (χ0n) is 13.6. The Labute approximate surface area is 144 Å². The van der Waals surface area contributed by atoms with Gasteiger partial charge < -0.3 is 19.5 Å². The zero-order valence-corrected chi connectivity index (χ0v) is 13.6. The van der Waals surface area contributed by atoms with Crippen LogP contribution in [-0.2, 0) is 20.9 Å². The molecular weight excluding hydrogens is 328 g/mol. The van der Waals surface area contributed by atoms with E-state index in [2.05, 4.69) is 5.32 Å². The molecule has 8 nitrogen and oxygen atoms in total. The molecule has 0 atom stereocenters. The third-order valence-electron chi connectivity index (χ3n) is 4.83. The molecule has 1 aromatic carbocycles. The number of rotatable bonds is 4. The van der Waals surface area contributed by atoms with Crippen LogP contribution in [0.25, 0.3) is 0 Å². The maximum atomic E-state index is 12.5. The van der Waals surface area contributed by atoms with Crippen LogP contribution in [0.4, 0.5) is 4.79 Å². The fourth-order valence-electron chi connectivity index (χ4n) is 3.51. The second-order valence-corrected chi connectivity index (χ2v) is 6.46. The van der Waals surface area contributed by atoms with Crippen molar-refractivity contribution in [2.24, 2.45) is 0 Å². The molecule has 132 valence electrons. The third-order valence-corrected chi connectivity index (χ3v) is 4.83. The van der Waals surface area contributed by atoms with E-state index in [0.717, 1.165) is 23.3 Å². The first-order valence-electron chi connectivity index (χ1n) is 8.26. The van der Waals surface area contributed by atoms with Crippen molar-refractivity contribution in [3.05, 3.63) is 23.8 Å². The number of imide groups is 1. The molecule has 1 N–H and O–H groups in total. The van der Waals surface area contributed by atoms with Gasteiger partial charge in [0.1, 0.15) is 18.7 Å². The number of urea groups is 1. The van der Waals surface area contributed by atoms with Crippen molar-refractivity contribution in [2.45, 2.75) is 37.8 Å². The van der Waals surface area contributed by atoms with Crippen molar-refractivity contribution in [1.82, 2.24) is 10.2 Å². The smallest absolute Gasteiger partial charge is 0.326 e. The van der Waals surface area contributed by atoms with Crippen LogP contribution in [0, 0.1) is 0 Å². The second kappa shape index (κ2) is 5.94. The SMILES string of the molecule is O=C(CN1C(=O)NC2(CCCC2)C1=O)OCc1ccc2c(c1)OCO2. The molecule has 1 spiro atoms. The number of nitrogens with one attached hydrogen (secondary N) is 1. The molecule has 1 aromatic rings. The number of carbonyl (C=O) groups excluding carboxylic acids is 3. The minimum absolute atomic E-state index is 0.0320. The van der Waals surface area contributed by atoms with Crippen LogP contribution in [0.5, 0.6) is 11.5 Å². The van der Waals surface area contributed by atoms with Gasteiger partial charge in [0.25, 0.3) is 5.91 Å². The van der Waals surface area contributed by atoms with Gasteiger partial charge in [0.15, 0.2) is 11.5 Å². The van der Waals surface area contributed by atoms with E-state index >= 15 is 0 Å². The van der Waals surface area contributed by atoms with E-state index in [-0.39, 0.29) is 25.9 Å². The van der Waals surface area contributed by atoms with Crippen molar-refractivity contribution < 1.29 is 28.6 Å². The number of nitrogens with zero attached hydrogens (tertiary/aromatic N) is 1. The molecule has 3 aliphatic rings. The molecular formula is C17H18N2O6. The molecule has 0 unspecified atom stereocenters. The van der Waals surface area contributed by atoms with Crippen molar-refractivity contribution in [3.63, 3.8) is 0 Å². The average Bonchev–Trinajstić information content (AvgIpc) is 3.30. The van der Waals surface area contributed by atoms with E-state index in [0.29, 0.717) is 24.3 Å². The van der Waals surface area contributed by atoms with Crippen molar-refractivity contribution >= 4 is 17.9 Å². The molecule has 0 radical (unpaired) electrons. The Hall–Kier alpha value is -2.77. The molecule has 4 rings (SSSR count). The van der Waals surface area contributed by atoms with Gasteiger partial charge in [0, 0.05) is 0 Å². The number of ether oxygens (including phenoxy) is 3. The van der Waals surface area contributed by atoms with Crippen LogP contribution in [-0.4, -0.2) is 41.7 Å². The van der Waals surface area contributed by atoms with Crippen LogP contribution in [0.1, 0.15) is 31.2 Å². The Morgan fingerprint density at radius 3 is 2.76 bits per heavy atom. The first-order valence-corrected chi connectivity index (χ1v) is 8.26. The lowest BCUT2D eigenvalue weighted by molar-refractivity contribution is -0.148. The van der Waals surface area contributed by atoms with Crippen molar-refractivity contribution in [2.75, 3.05) is 13.3 Å². The van der Waals surface area contributed by atoms with Crippen LogP contribution in [0.15, 0.2) is 18.2 Å². The van der Waals surface area contributed by atoms with E-state index < -0.39 is 17.5 Å². The van der Waals surface area contributed by atoms with Gasteiger partial charge in [-0.05, 0) is 30.5 Å². The summed E-state index contributed by atoms with van der Waals surface area (Å²) in [7, 11) is 0. The monoisotopic (exact) mass is 346 g/mol. The van der Waals surface area contributed by atoms with Crippen molar-refractivity contribution in [1.29, 1.82) is 0 Å². The fraction of sp³-hybridized carbons (Fsp3) is 0.471. The Kier molecular flexibility index (Phi) is 3.74. The van der Waals surface area contributed by atoms with Gasteiger partial charge in [-0.15, -0.1) is 0 Å². The molecule has 1 saturated carbocycles. The lowest BCUT2D eigenvalue weighted by atomic mass is 9.98. The predicted molar refractivity (Wildman–Crippen MR) is 83.8 cm³/mol. The Bertz CT molecular complexity index is 741. The van der Waals surface area contributed by atoms with Crippen LogP contribution >= 0.6 is 0 Å². The molecule has 1 saturated heterocycles. The third kappa shape index (κ3) is 2.77. The summed E-state index contributed by atoms with van der Waals surface area (Å²) in [5.74, 6) is 0.299. The summed E-state index contributed by atoms with van der Waals surface area (Å²) in [5.41, 5.74) is -0.0728. The number of carbonyl (C=O) groups is 3. The van der Waals surface area contributed by atoms with Gasteiger partial charge in [-0.1, -0.05) is 18.9 Å². The summed E-state index contributed by atoms with van der Waals surface area (Å²) in [6, 6.07) is 4.72. The summed E-state index contributed by atoms with van der Waals surface area (Å²) in [6.45, 7) is -0.173. The van der Waals surface area contributed by atoms with Gasteiger partial charge >= 0.3 is 12.0 Å². The zero-order chi connectivity index (χ0) is 17.4. The molecule has 25 heavy (non-hydrogen) atoms. The number of hydrogen-bond donors (Lipinski definition) is 1. The van der Waals surface area contributed by atoms with Crippen LogP contribution in [0.3, 0.4) is 0 Å². The van der Waals surface area contributed by atoms with Gasteiger partial charge in [-0.3, -0.25) is 14.5 Å². The summed E-state index contributed by atoms with van der Waals surface area (Å²) in [5, 5.41) is 2.74. The van der Waals surface area contributed by atoms with Crippen LogP contribution in [0.2, 0.25) is 0 Å². The normalized spacial score (nSPS) is 20.2. The van der Waals surface area contributed by atoms with Gasteiger partial charge in [0.05, 0.1) is 0 Å². The quantitative estimate of drug-likeness (QED) is 0.653. The average molecular weight is 346 g/mol. The lowest BCUT2D eigenvalue weighted by Crippen LogP contribution is -2.44. The highest BCUT2D eigenvalue weighted by Crippen LogP contribution is 2.35. The highest BCUT2D eigenvalue weighted by Gasteiger charge is 2.52. The van der Waals surface area contributed by atoms with E-state index in [9.17, 15) is 14.4 Å². The summed E-state index contributed by atoms with van der Waals surface area (Å²) < 4.78 is 15.7. The Balaban J connectivity index is 1.34. The van der Waals surface area contributed by atoms with Crippen molar-refractivity contribution in [3.8, 4) is 11.5 Å². The Morgan fingerprint density at radius 1 is 1.20 bits per heavy atom. The molecule has 2 heterocycles.